The molecule has 0 heterocycles. The predicted molar refractivity (Wildman–Crippen MR) is 316 cm³/mol. The molecule has 0 rings (SSSR count). The highest BCUT2D eigenvalue weighted by atomic mass is 31.2. The predicted octanol–water partition coefficient (Wildman–Crippen LogP) is 18.6. The number of hydrogen-bond acceptors (Lipinski definition) is 7. The lowest BCUT2D eigenvalue weighted by Crippen LogP contribution is -2.47. The van der Waals surface area contributed by atoms with Crippen molar-refractivity contribution in [3.8, 4) is 0 Å². The van der Waals surface area contributed by atoms with Crippen molar-refractivity contribution in [3.63, 3.8) is 0 Å². The van der Waals surface area contributed by atoms with Crippen molar-refractivity contribution >= 4 is 19.7 Å². The Hall–Kier alpha value is -2.03. The Morgan fingerprint density at radius 3 is 1.24 bits per heavy atom. The number of carbonyl (C=O) groups excluding carboxylic acids is 2. The molecule has 3 atom stereocenters. The van der Waals surface area contributed by atoms with Crippen LogP contribution in [0.5, 0.6) is 0 Å². The van der Waals surface area contributed by atoms with Crippen molar-refractivity contribution in [1.29, 1.82) is 0 Å². The van der Waals surface area contributed by atoms with Gasteiger partial charge in [0.05, 0.1) is 33.8 Å². The van der Waals surface area contributed by atoms with E-state index in [9.17, 15) is 19.0 Å². The number of allylic oxidation sites excluding steroid dienone is 7. The molecule has 1 N–H and O–H groups in total. The summed E-state index contributed by atoms with van der Waals surface area (Å²) in [6.45, 7) is 6.83. The number of nitrogens with one attached hydrogen (secondary N) is 1. The largest absolute Gasteiger partial charge is 0.756 e. The van der Waals surface area contributed by atoms with Gasteiger partial charge in [0, 0.05) is 12.8 Å². The van der Waals surface area contributed by atoms with E-state index in [1.165, 1.54) is 193 Å². The molecular formula is C64H121N2O7P. The van der Waals surface area contributed by atoms with Gasteiger partial charge in [0.15, 0.2) is 0 Å². The number of rotatable bonds is 57. The zero-order valence-corrected chi connectivity index (χ0v) is 50.4. The van der Waals surface area contributed by atoms with E-state index in [2.05, 4.69) is 62.5 Å². The van der Waals surface area contributed by atoms with Gasteiger partial charge in [-0.3, -0.25) is 14.2 Å². The smallest absolute Gasteiger partial charge is 0.306 e. The molecule has 0 radical (unpaired) electrons. The zero-order chi connectivity index (χ0) is 54.3. The van der Waals surface area contributed by atoms with Crippen LogP contribution in [-0.2, 0) is 27.9 Å². The number of unbranched alkanes of at least 4 members (excludes halogenated alkanes) is 36. The Bertz CT molecular complexity index is 1410. The number of phosphoric acid groups is 1. The number of esters is 1. The van der Waals surface area contributed by atoms with Gasteiger partial charge in [0.25, 0.3) is 7.82 Å². The third-order valence-electron chi connectivity index (χ3n) is 14.0. The lowest BCUT2D eigenvalue weighted by molar-refractivity contribution is -0.870. The second kappa shape index (κ2) is 54.3. The third-order valence-corrected chi connectivity index (χ3v) is 15.0. The summed E-state index contributed by atoms with van der Waals surface area (Å²) >= 11 is 0. The summed E-state index contributed by atoms with van der Waals surface area (Å²) < 4.78 is 30.3. The SMILES string of the molecule is CCCCCCCC/C=C/CCCCCCCCCCCCCC(=O)OC(/C=C/CCCCCCCCCCC)C(COP(=O)([O-])OCC[N+](C)(C)C)NC(=O)CCCCC/C=C/C=C/CCCCCCCCC. The normalized spacial score (nSPS) is 14.0. The second-order valence-corrected chi connectivity index (χ2v) is 24.0. The van der Waals surface area contributed by atoms with Crippen LogP contribution in [0.1, 0.15) is 297 Å². The molecule has 0 spiro atoms. The number of quaternary nitrogens is 1. The number of carbonyl (C=O) groups is 2. The fourth-order valence-electron chi connectivity index (χ4n) is 9.10. The topological polar surface area (TPSA) is 114 Å². The molecule has 0 saturated carbocycles. The zero-order valence-electron chi connectivity index (χ0n) is 49.6. The highest BCUT2D eigenvalue weighted by Crippen LogP contribution is 2.38. The maximum absolute atomic E-state index is 13.5. The average molecular weight is 1060 g/mol. The van der Waals surface area contributed by atoms with Crippen LogP contribution in [-0.4, -0.2) is 69.4 Å². The molecule has 0 fully saturated rings. The Morgan fingerprint density at radius 2 is 0.824 bits per heavy atom. The molecule has 0 aromatic rings. The Balaban J connectivity index is 5.21. The molecule has 0 aliphatic carbocycles. The Labute approximate surface area is 458 Å². The summed E-state index contributed by atoms with van der Waals surface area (Å²) in [7, 11) is 1.17. The third kappa shape index (κ3) is 54.7. The molecule has 74 heavy (non-hydrogen) atoms. The molecule has 0 aliphatic rings. The molecule has 9 nitrogen and oxygen atoms in total. The van der Waals surface area contributed by atoms with Gasteiger partial charge in [-0.1, -0.05) is 250 Å². The maximum atomic E-state index is 13.5. The first-order valence-corrected chi connectivity index (χ1v) is 32.9. The first kappa shape index (κ1) is 72.0. The highest BCUT2D eigenvalue weighted by molar-refractivity contribution is 7.45. The summed E-state index contributed by atoms with van der Waals surface area (Å²) in [5, 5.41) is 3.01. The summed E-state index contributed by atoms with van der Waals surface area (Å²) in [6.07, 6.45) is 66.5. The van der Waals surface area contributed by atoms with E-state index in [1.54, 1.807) is 0 Å². The minimum absolute atomic E-state index is 0.0270. The lowest BCUT2D eigenvalue weighted by atomic mass is 10.0. The van der Waals surface area contributed by atoms with E-state index in [4.69, 9.17) is 13.8 Å². The van der Waals surface area contributed by atoms with Gasteiger partial charge in [-0.25, -0.2) is 0 Å². The van der Waals surface area contributed by atoms with Gasteiger partial charge in [0.1, 0.15) is 19.3 Å². The summed E-state index contributed by atoms with van der Waals surface area (Å²) in [4.78, 5) is 39.9. The Kier molecular flexibility index (Phi) is 52.8. The van der Waals surface area contributed by atoms with Crippen LogP contribution in [0, 0.1) is 0 Å². The molecule has 434 valence electrons. The minimum atomic E-state index is -4.70. The van der Waals surface area contributed by atoms with Crippen LogP contribution < -0.4 is 10.2 Å². The number of phosphoric ester groups is 1. The van der Waals surface area contributed by atoms with E-state index in [0.29, 0.717) is 17.4 Å². The van der Waals surface area contributed by atoms with Crippen LogP contribution >= 0.6 is 7.82 Å². The maximum Gasteiger partial charge on any atom is 0.306 e. The number of likely N-dealkylation sites (N-methyl/N-ethyl adjacent to an activating group) is 1. The quantitative estimate of drug-likeness (QED) is 0.0161. The van der Waals surface area contributed by atoms with Crippen molar-refractivity contribution in [2.45, 2.75) is 309 Å². The van der Waals surface area contributed by atoms with Crippen LogP contribution in [0.25, 0.3) is 0 Å². The first-order valence-electron chi connectivity index (χ1n) is 31.5. The van der Waals surface area contributed by atoms with Gasteiger partial charge in [0.2, 0.25) is 5.91 Å². The molecule has 0 saturated heterocycles. The van der Waals surface area contributed by atoms with Gasteiger partial charge < -0.3 is 28.5 Å². The standard InChI is InChI=1S/C64H121N2O7P/c1-7-10-13-16-19-22-25-27-29-31-32-33-34-35-37-39-42-45-48-51-54-57-64(68)73-62(55-52-49-46-43-40-24-21-18-15-12-9-3)61(60-72-74(69,70)71-59-58-66(4,5)6)65-63(67)56-53-50-47-44-41-38-36-30-28-26-23-20-17-14-11-8-2/h27,29-30,36,38,41,52,55,61-62H,7-26,28,31-35,37,39-40,42-51,53-54,56-60H2,1-6H3,(H-,65,67,69,70)/b29-27+,36-30+,41-38+,55-52+. The number of ether oxygens (including phenoxy) is 1. The van der Waals surface area contributed by atoms with E-state index in [-0.39, 0.29) is 31.3 Å². The fraction of sp³-hybridized carbons (Fsp3) is 0.844. The molecule has 1 amide bonds. The van der Waals surface area contributed by atoms with Crippen molar-refractivity contribution < 1.29 is 37.3 Å². The number of nitrogens with zero attached hydrogens (tertiary/aromatic N) is 1. The molecule has 3 unspecified atom stereocenters. The number of amides is 1. The molecule has 0 aromatic heterocycles. The molecular weight excluding hydrogens is 940 g/mol. The van der Waals surface area contributed by atoms with Crippen molar-refractivity contribution in [3.05, 3.63) is 48.6 Å². The molecule has 10 heteroatoms. The van der Waals surface area contributed by atoms with E-state index >= 15 is 0 Å². The lowest BCUT2D eigenvalue weighted by Gasteiger charge is -2.30. The minimum Gasteiger partial charge on any atom is -0.756 e. The molecule has 0 bridgehead atoms. The van der Waals surface area contributed by atoms with E-state index in [0.717, 1.165) is 64.2 Å². The van der Waals surface area contributed by atoms with Crippen molar-refractivity contribution in [1.82, 2.24) is 5.32 Å². The summed E-state index contributed by atoms with van der Waals surface area (Å²) in [6, 6.07) is -0.901. The van der Waals surface area contributed by atoms with Crippen LogP contribution in [0.4, 0.5) is 0 Å². The van der Waals surface area contributed by atoms with Gasteiger partial charge in [-0.15, -0.1) is 0 Å². The van der Waals surface area contributed by atoms with Gasteiger partial charge >= 0.3 is 5.97 Å². The summed E-state index contributed by atoms with van der Waals surface area (Å²) in [5.74, 6) is -0.565. The molecule has 0 aromatic carbocycles. The molecule has 0 aliphatic heterocycles. The monoisotopic (exact) mass is 1060 g/mol. The van der Waals surface area contributed by atoms with Gasteiger partial charge in [-0.05, 0) is 83.1 Å². The van der Waals surface area contributed by atoms with Crippen molar-refractivity contribution in [2.24, 2.45) is 0 Å². The summed E-state index contributed by atoms with van der Waals surface area (Å²) in [5.41, 5.74) is 0. The average Bonchev–Trinajstić information content (AvgIpc) is 3.36. The van der Waals surface area contributed by atoms with Crippen LogP contribution in [0.15, 0.2) is 48.6 Å². The second-order valence-electron chi connectivity index (χ2n) is 22.6. The van der Waals surface area contributed by atoms with Crippen LogP contribution in [0.2, 0.25) is 0 Å². The first-order chi connectivity index (χ1) is 35.9. The highest BCUT2D eigenvalue weighted by Gasteiger charge is 2.27. The fourth-order valence-corrected chi connectivity index (χ4v) is 9.82. The van der Waals surface area contributed by atoms with Crippen molar-refractivity contribution in [2.75, 3.05) is 40.9 Å². The Morgan fingerprint density at radius 1 is 0.473 bits per heavy atom. The van der Waals surface area contributed by atoms with Crippen LogP contribution in [0.3, 0.4) is 0 Å². The van der Waals surface area contributed by atoms with E-state index < -0.39 is 26.6 Å². The number of hydrogen-bond donors (Lipinski definition) is 1. The van der Waals surface area contributed by atoms with E-state index in [1.807, 2.05) is 33.3 Å². The van der Waals surface area contributed by atoms with Gasteiger partial charge in [-0.2, -0.15) is 0 Å².